The minimum absolute atomic E-state index is 0.154. The summed E-state index contributed by atoms with van der Waals surface area (Å²) in [5.74, 6) is 0.431. The van der Waals surface area contributed by atoms with Gasteiger partial charge in [-0.05, 0) is 42.8 Å². The Balaban J connectivity index is 1.85. The maximum Gasteiger partial charge on any atom is 0.411 e. The standard InChI is InChI=1S/C21H26N2O6/c1-15(29-14-16-6-4-9-19(12-16)27-3)20(24)22-17-7-5-8-18(13-17)23-21(25)28-11-10-26-2/h4-9,12-13,15H,10-11,14H2,1-3H3,(H,22,24)(H,23,25). The third-order valence-electron chi connectivity index (χ3n) is 3.90. The molecule has 0 aliphatic rings. The highest BCUT2D eigenvalue weighted by Crippen LogP contribution is 2.17. The second-order valence-corrected chi connectivity index (χ2v) is 6.13. The van der Waals surface area contributed by atoms with Crippen molar-refractivity contribution in [2.24, 2.45) is 0 Å². The van der Waals surface area contributed by atoms with Crippen molar-refractivity contribution < 1.29 is 28.5 Å². The van der Waals surface area contributed by atoms with E-state index in [0.29, 0.717) is 18.0 Å². The van der Waals surface area contributed by atoms with Gasteiger partial charge in [-0.15, -0.1) is 0 Å². The fraction of sp³-hybridized carbons (Fsp3) is 0.333. The zero-order chi connectivity index (χ0) is 21.1. The van der Waals surface area contributed by atoms with Gasteiger partial charge in [0.2, 0.25) is 0 Å². The predicted molar refractivity (Wildman–Crippen MR) is 109 cm³/mol. The van der Waals surface area contributed by atoms with Crippen molar-refractivity contribution in [2.75, 3.05) is 38.1 Å². The lowest BCUT2D eigenvalue weighted by atomic mass is 10.2. The first-order chi connectivity index (χ1) is 14.0. The molecule has 2 amide bonds. The summed E-state index contributed by atoms with van der Waals surface area (Å²) in [6.07, 6.45) is -1.27. The van der Waals surface area contributed by atoms with Crippen molar-refractivity contribution in [3.8, 4) is 5.75 Å². The Morgan fingerprint density at radius 3 is 2.41 bits per heavy atom. The molecule has 29 heavy (non-hydrogen) atoms. The Kier molecular flexibility index (Phi) is 8.94. The molecule has 0 saturated heterocycles. The van der Waals surface area contributed by atoms with Crippen LogP contribution >= 0.6 is 0 Å². The number of carbonyl (C=O) groups is 2. The van der Waals surface area contributed by atoms with Gasteiger partial charge in [0, 0.05) is 18.5 Å². The number of carbonyl (C=O) groups excluding carboxylic acids is 2. The first-order valence-corrected chi connectivity index (χ1v) is 9.10. The molecule has 1 atom stereocenters. The Morgan fingerprint density at radius 2 is 1.69 bits per heavy atom. The molecule has 2 rings (SSSR count). The molecule has 8 heteroatoms. The largest absolute Gasteiger partial charge is 0.497 e. The third kappa shape index (κ3) is 7.81. The van der Waals surface area contributed by atoms with E-state index in [2.05, 4.69) is 10.6 Å². The molecule has 0 bridgehead atoms. The second-order valence-electron chi connectivity index (χ2n) is 6.13. The van der Waals surface area contributed by atoms with Crippen LogP contribution in [0.3, 0.4) is 0 Å². The van der Waals surface area contributed by atoms with E-state index in [9.17, 15) is 9.59 Å². The molecule has 0 fully saturated rings. The van der Waals surface area contributed by atoms with Crippen LogP contribution in [0, 0.1) is 0 Å². The normalized spacial score (nSPS) is 11.4. The quantitative estimate of drug-likeness (QED) is 0.591. The number of benzene rings is 2. The van der Waals surface area contributed by atoms with Gasteiger partial charge >= 0.3 is 6.09 Å². The highest BCUT2D eigenvalue weighted by Gasteiger charge is 2.14. The van der Waals surface area contributed by atoms with Crippen LogP contribution in [0.4, 0.5) is 16.2 Å². The van der Waals surface area contributed by atoms with Crippen molar-refractivity contribution in [3.63, 3.8) is 0 Å². The molecule has 0 heterocycles. The Morgan fingerprint density at radius 1 is 0.966 bits per heavy atom. The lowest BCUT2D eigenvalue weighted by Gasteiger charge is -2.14. The molecular weight excluding hydrogens is 376 g/mol. The molecule has 0 radical (unpaired) electrons. The van der Waals surface area contributed by atoms with E-state index in [1.807, 2.05) is 24.3 Å². The minimum Gasteiger partial charge on any atom is -0.497 e. The van der Waals surface area contributed by atoms with Gasteiger partial charge in [-0.2, -0.15) is 0 Å². The molecule has 2 N–H and O–H groups in total. The monoisotopic (exact) mass is 402 g/mol. The number of rotatable bonds is 10. The first kappa shape index (κ1) is 22.2. The summed E-state index contributed by atoms with van der Waals surface area (Å²) in [6, 6.07) is 14.2. The van der Waals surface area contributed by atoms with Crippen LogP contribution in [0.5, 0.6) is 5.75 Å². The van der Waals surface area contributed by atoms with Crippen LogP contribution in [0.15, 0.2) is 48.5 Å². The van der Waals surface area contributed by atoms with Gasteiger partial charge in [0.1, 0.15) is 18.5 Å². The number of methoxy groups -OCH3 is 2. The van der Waals surface area contributed by atoms with Crippen LogP contribution in [0.2, 0.25) is 0 Å². The van der Waals surface area contributed by atoms with E-state index in [-0.39, 0.29) is 19.1 Å². The number of anilines is 2. The summed E-state index contributed by atoms with van der Waals surface area (Å²) < 4.78 is 20.6. The van der Waals surface area contributed by atoms with E-state index in [4.69, 9.17) is 18.9 Å². The summed E-state index contributed by atoms with van der Waals surface area (Å²) >= 11 is 0. The molecule has 1 unspecified atom stereocenters. The van der Waals surface area contributed by atoms with Gasteiger partial charge in [0.15, 0.2) is 0 Å². The Labute approximate surface area is 170 Å². The van der Waals surface area contributed by atoms with Gasteiger partial charge < -0.3 is 24.3 Å². The van der Waals surface area contributed by atoms with Gasteiger partial charge in [-0.1, -0.05) is 18.2 Å². The number of hydrogen-bond acceptors (Lipinski definition) is 6. The fourth-order valence-corrected chi connectivity index (χ4v) is 2.35. The third-order valence-corrected chi connectivity index (χ3v) is 3.90. The fourth-order valence-electron chi connectivity index (χ4n) is 2.35. The van der Waals surface area contributed by atoms with Crippen molar-refractivity contribution in [1.29, 1.82) is 0 Å². The molecule has 8 nitrogen and oxygen atoms in total. The highest BCUT2D eigenvalue weighted by atomic mass is 16.6. The van der Waals surface area contributed by atoms with Crippen molar-refractivity contribution >= 4 is 23.4 Å². The van der Waals surface area contributed by atoms with E-state index in [0.717, 1.165) is 11.3 Å². The summed E-state index contributed by atoms with van der Waals surface area (Å²) in [5, 5.41) is 5.36. The molecule has 0 aliphatic carbocycles. The first-order valence-electron chi connectivity index (χ1n) is 9.10. The molecule has 0 aromatic heterocycles. The number of ether oxygens (including phenoxy) is 4. The average molecular weight is 402 g/mol. The van der Waals surface area contributed by atoms with Crippen LogP contribution in [-0.4, -0.2) is 45.5 Å². The predicted octanol–water partition coefficient (Wildman–Crippen LogP) is 3.43. The van der Waals surface area contributed by atoms with Crippen LogP contribution in [0.1, 0.15) is 12.5 Å². The number of nitrogens with one attached hydrogen (secondary N) is 2. The molecule has 2 aromatic rings. The van der Waals surface area contributed by atoms with Crippen molar-refractivity contribution in [1.82, 2.24) is 0 Å². The van der Waals surface area contributed by atoms with Crippen LogP contribution in [-0.2, 0) is 25.6 Å². The van der Waals surface area contributed by atoms with Gasteiger partial charge in [0.05, 0.1) is 20.3 Å². The number of hydrogen-bond donors (Lipinski definition) is 2. The lowest BCUT2D eigenvalue weighted by molar-refractivity contribution is -0.127. The van der Waals surface area contributed by atoms with Crippen LogP contribution < -0.4 is 15.4 Å². The van der Waals surface area contributed by atoms with Crippen molar-refractivity contribution in [2.45, 2.75) is 19.6 Å². The van der Waals surface area contributed by atoms with Gasteiger partial charge in [-0.3, -0.25) is 10.1 Å². The van der Waals surface area contributed by atoms with E-state index in [1.54, 1.807) is 38.3 Å². The maximum atomic E-state index is 12.4. The SMILES string of the molecule is COCCOC(=O)Nc1cccc(NC(=O)C(C)OCc2cccc(OC)c2)c1. The molecule has 0 aliphatic heterocycles. The van der Waals surface area contributed by atoms with E-state index >= 15 is 0 Å². The summed E-state index contributed by atoms with van der Waals surface area (Å²) in [4.78, 5) is 24.1. The highest BCUT2D eigenvalue weighted by molar-refractivity contribution is 5.95. The molecular formula is C21H26N2O6. The molecule has 0 spiro atoms. The zero-order valence-corrected chi connectivity index (χ0v) is 16.8. The summed E-state index contributed by atoms with van der Waals surface area (Å²) in [5.41, 5.74) is 1.93. The second kappa shape index (κ2) is 11.7. The van der Waals surface area contributed by atoms with Crippen molar-refractivity contribution in [3.05, 3.63) is 54.1 Å². The Hall–Kier alpha value is -3.10. The number of amides is 2. The molecule has 156 valence electrons. The minimum atomic E-state index is -0.670. The summed E-state index contributed by atoms with van der Waals surface area (Å²) in [7, 11) is 3.12. The Bertz CT molecular complexity index is 811. The molecule has 0 saturated carbocycles. The molecule has 2 aromatic carbocycles. The van der Waals surface area contributed by atoms with Crippen LogP contribution in [0.25, 0.3) is 0 Å². The van der Waals surface area contributed by atoms with E-state index < -0.39 is 12.2 Å². The lowest BCUT2D eigenvalue weighted by Crippen LogP contribution is -2.27. The average Bonchev–Trinajstić information content (AvgIpc) is 2.72. The van der Waals surface area contributed by atoms with Gasteiger partial charge in [-0.25, -0.2) is 4.79 Å². The smallest absolute Gasteiger partial charge is 0.411 e. The topological polar surface area (TPSA) is 95.1 Å². The zero-order valence-electron chi connectivity index (χ0n) is 16.8. The maximum absolute atomic E-state index is 12.4. The van der Waals surface area contributed by atoms with Gasteiger partial charge in [0.25, 0.3) is 5.91 Å². The summed E-state index contributed by atoms with van der Waals surface area (Å²) in [6.45, 7) is 2.42. The van der Waals surface area contributed by atoms with E-state index in [1.165, 1.54) is 7.11 Å².